The Morgan fingerprint density at radius 1 is 1.10 bits per heavy atom. The van der Waals surface area contributed by atoms with Gasteiger partial charge in [0.25, 0.3) is 0 Å². The largest absolute Gasteiger partial charge is 0.467 e. The second-order valence-electron chi connectivity index (χ2n) is 6.22. The highest BCUT2D eigenvalue weighted by molar-refractivity contribution is 7.99. The molecule has 1 N–H and O–H groups in total. The van der Waals surface area contributed by atoms with Crippen molar-refractivity contribution in [2.75, 3.05) is 5.75 Å². The highest BCUT2D eigenvalue weighted by atomic mass is 35.5. The standard InChI is InChI=1S/C21H16ClFN4O2S/c22-16-8-2-1-7-15(16)20-25-26-21(27(20)18-10-4-3-9-17(18)23)30-13-19(28)24-12-14-6-5-11-29-14/h1-11H,12-13H2,(H,24,28). The van der Waals surface area contributed by atoms with Crippen molar-refractivity contribution in [2.24, 2.45) is 0 Å². The number of nitrogens with zero attached hydrogens (tertiary/aromatic N) is 3. The zero-order valence-corrected chi connectivity index (χ0v) is 17.2. The van der Waals surface area contributed by atoms with Gasteiger partial charge in [0.2, 0.25) is 5.91 Å². The predicted molar refractivity (Wildman–Crippen MR) is 113 cm³/mol. The van der Waals surface area contributed by atoms with Crippen molar-refractivity contribution >= 4 is 29.3 Å². The number of thioether (sulfide) groups is 1. The van der Waals surface area contributed by atoms with Gasteiger partial charge in [0.1, 0.15) is 11.6 Å². The average Bonchev–Trinajstić information content (AvgIpc) is 3.41. The number of para-hydroxylation sites is 1. The van der Waals surface area contributed by atoms with Crippen LogP contribution in [-0.2, 0) is 11.3 Å². The molecule has 0 saturated carbocycles. The molecular formula is C21H16ClFN4O2S. The number of hydrogen-bond acceptors (Lipinski definition) is 5. The van der Waals surface area contributed by atoms with Gasteiger partial charge in [0.15, 0.2) is 11.0 Å². The van der Waals surface area contributed by atoms with Gasteiger partial charge >= 0.3 is 0 Å². The summed E-state index contributed by atoms with van der Waals surface area (Å²) in [6.07, 6.45) is 1.55. The summed E-state index contributed by atoms with van der Waals surface area (Å²) in [4.78, 5) is 12.2. The lowest BCUT2D eigenvalue weighted by Crippen LogP contribution is -2.24. The van der Waals surface area contributed by atoms with E-state index in [4.69, 9.17) is 16.0 Å². The van der Waals surface area contributed by atoms with Gasteiger partial charge in [-0.15, -0.1) is 10.2 Å². The molecular weight excluding hydrogens is 427 g/mol. The van der Waals surface area contributed by atoms with Crippen LogP contribution in [0.15, 0.2) is 76.5 Å². The van der Waals surface area contributed by atoms with E-state index < -0.39 is 5.82 Å². The van der Waals surface area contributed by atoms with Gasteiger partial charge in [-0.2, -0.15) is 0 Å². The van der Waals surface area contributed by atoms with Crippen molar-refractivity contribution in [1.82, 2.24) is 20.1 Å². The maximum atomic E-state index is 14.6. The maximum absolute atomic E-state index is 14.6. The van der Waals surface area contributed by atoms with Crippen molar-refractivity contribution < 1.29 is 13.6 Å². The molecule has 0 spiro atoms. The van der Waals surface area contributed by atoms with E-state index in [1.54, 1.807) is 59.4 Å². The van der Waals surface area contributed by atoms with Crippen LogP contribution in [0.5, 0.6) is 0 Å². The molecule has 1 amide bonds. The highest BCUT2D eigenvalue weighted by Gasteiger charge is 2.20. The second-order valence-corrected chi connectivity index (χ2v) is 7.57. The number of amides is 1. The molecule has 0 unspecified atom stereocenters. The van der Waals surface area contributed by atoms with Crippen LogP contribution in [0.2, 0.25) is 5.02 Å². The van der Waals surface area contributed by atoms with Crippen molar-refractivity contribution in [3.63, 3.8) is 0 Å². The first-order valence-corrected chi connectivity index (χ1v) is 10.4. The number of halogens is 2. The molecule has 0 aliphatic heterocycles. The van der Waals surface area contributed by atoms with Crippen molar-refractivity contribution in [2.45, 2.75) is 11.7 Å². The zero-order valence-electron chi connectivity index (χ0n) is 15.6. The van der Waals surface area contributed by atoms with E-state index in [1.807, 2.05) is 6.07 Å². The lowest BCUT2D eigenvalue weighted by atomic mass is 10.2. The number of nitrogens with one attached hydrogen (secondary N) is 1. The van der Waals surface area contributed by atoms with E-state index in [1.165, 1.54) is 6.07 Å². The summed E-state index contributed by atoms with van der Waals surface area (Å²) >= 11 is 7.48. The predicted octanol–water partition coefficient (Wildman–Crippen LogP) is 4.73. The fourth-order valence-electron chi connectivity index (χ4n) is 2.81. The van der Waals surface area contributed by atoms with E-state index >= 15 is 0 Å². The zero-order chi connectivity index (χ0) is 20.9. The number of aromatic nitrogens is 3. The van der Waals surface area contributed by atoms with Gasteiger partial charge < -0.3 is 9.73 Å². The van der Waals surface area contributed by atoms with Crippen LogP contribution in [0.3, 0.4) is 0 Å². The molecule has 152 valence electrons. The van der Waals surface area contributed by atoms with Gasteiger partial charge in [-0.1, -0.05) is 47.6 Å². The second kappa shape index (κ2) is 9.15. The summed E-state index contributed by atoms with van der Waals surface area (Å²) < 4.78 is 21.4. The van der Waals surface area contributed by atoms with Crippen LogP contribution in [0, 0.1) is 5.82 Å². The molecule has 0 aliphatic rings. The lowest BCUT2D eigenvalue weighted by Gasteiger charge is -2.12. The number of carbonyl (C=O) groups is 1. The first kappa shape index (κ1) is 20.2. The SMILES string of the molecule is O=C(CSc1nnc(-c2ccccc2Cl)n1-c1ccccc1F)NCc1ccco1. The molecule has 4 aromatic rings. The van der Waals surface area contributed by atoms with Crippen LogP contribution in [0.4, 0.5) is 4.39 Å². The summed E-state index contributed by atoms with van der Waals surface area (Å²) in [5.74, 6) is 0.483. The molecule has 0 bridgehead atoms. The Hall–Kier alpha value is -3.10. The molecule has 0 aliphatic carbocycles. The molecule has 2 aromatic carbocycles. The van der Waals surface area contributed by atoms with Crippen LogP contribution >= 0.6 is 23.4 Å². The molecule has 30 heavy (non-hydrogen) atoms. The number of hydrogen-bond donors (Lipinski definition) is 1. The quantitative estimate of drug-likeness (QED) is 0.419. The Labute approximate surface area is 181 Å². The van der Waals surface area contributed by atoms with E-state index in [2.05, 4.69) is 15.5 Å². The minimum absolute atomic E-state index is 0.0792. The van der Waals surface area contributed by atoms with Gasteiger partial charge in [-0.3, -0.25) is 9.36 Å². The van der Waals surface area contributed by atoms with Crippen molar-refractivity contribution in [3.8, 4) is 17.1 Å². The average molecular weight is 443 g/mol. The number of benzene rings is 2. The molecule has 4 rings (SSSR count). The minimum atomic E-state index is -0.435. The van der Waals surface area contributed by atoms with Gasteiger partial charge in [-0.25, -0.2) is 4.39 Å². The molecule has 0 fully saturated rings. The van der Waals surface area contributed by atoms with E-state index in [-0.39, 0.29) is 23.9 Å². The fourth-order valence-corrected chi connectivity index (χ4v) is 3.81. The summed E-state index contributed by atoms with van der Waals surface area (Å²) in [5, 5.41) is 12.0. The smallest absolute Gasteiger partial charge is 0.230 e. The number of furan rings is 1. The Morgan fingerprint density at radius 3 is 2.67 bits per heavy atom. The Balaban J connectivity index is 1.61. The van der Waals surface area contributed by atoms with Crippen molar-refractivity contribution in [1.29, 1.82) is 0 Å². The maximum Gasteiger partial charge on any atom is 0.230 e. The summed E-state index contributed by atoms with van der Waals surface area (Å²) in [7, 11) is 0. The van der Waals surface area contributed by atoms with E-state index in [0.717, 1.165) is 11.8 Å². The summed E-state index contributed by atoms with van der Waals surface area (Å²) in [6, 6.07) is 17.0. The molecule has 0 saturated heterocycles. The van der Waals surface area contributed by atoms with Crippen LogP contribution in [0.25, 0.3) is 17.1 Å². The third-order valence-electron chi connectivity index (χ3n) is 4.21. The fraction of sp³-hybridized carbons (Fsp3) is 0.0952. The highest BCUT2D eigenvalue weighted by Crippen LogP contribution is 2.32. The molecule has 2 aromatic heterocycles. The van der Waals surface area contributed by atoms with Crippen LogP contribution < -0.4 is 5.32 Å². The molecule has 6 nitrogen and oxygen atoms in total. The van der Waals surface area contributed by atoms with Gasteiger partial charge in [0, 0.05) is 5.56 Å². The lowest BCUT2D eigenvalue weighted by molar-refractivity contribution is -0.118. The van der Waals surface area contributed by atoms with E-state index in [0.29, 0.717) is 27.3 Å². The molecule has 0 radical (unpaired) electrons. The topological polar surface area (TPSA) is 73.0 Å². The van der Waals surface area contributed by atoms with E-state index in [9.17, 15) is 9.18 Å². The Morgan fingerprint density at radius 2 is 1.90 bits per heavy atom. The van der Waals surface area contributed by atoms with Gasteiger partial charge in [-0.05, 0) is 36.4 Å². The number of rotatable bonds is 7. The third-order valence-corrected chi connectivity index (χ3v) is 5.47. The molecule has 9 heteroatoms. The van der Waals surface area contributed by atoms with Crippen LogP contribution in [-0.4, -0.2) is 26.4 Å². The Bertz CT molecular complexity index is 1160. The monoisotopic (exact) mass is 442 g/mol. The normalized spacial score (nSPS) is 10.9. The van der Waals surface area contributed by atoms with Gasteiger partial charge in [0.05, 0.1) is 29.3 Å². The third kappa shape index (κ3) is 4.39. The number of carbonyl (C=O) groups excluding carboxylic acids is 1. The van der Waals surface area contributed by atoms with Crippen LogP contribution in [0.1, 0.15) is 5.76 Å². The molecule has 0 atom stereocenters. The first-order valence-electron chi connectivity index (χ1n) is 9.00. The van der Waals surface area contributed by atoms with Crippen molar-refractivity contribution in [3.05, 3.63) is 83.5 Å². The Kier molecular flexibility index (Phi) is 6.15. The first-order chi connectivity index (χ1) is 14.6. The molecule has 2 heterocycles. The minimum Gasteiger partial charge on any atom is -0.467 e. The summed E-state index contributed by atoms with van der Waals surface area (Å²) in [5.41, 5.74) is 0.889. The summed E-state index contributed by atoms with van der Waals surface area (Å²) in [6.45, 7) is 0.289.